The van der Waals surface area contributed by atoms with Crippen molar-refractivity contribution >= 4 is 18.1 Å². The van der Waals surface area contributed by atoms with Crippen LogP contribution in [0.1, 0.15) is 12.6 Å². The van der Waals surface area contributed by atoms with E-state index < -0.39 is 6.61 Å². The second-order valence-corrected chi connectivity index (χ2v) is 6.02. The van der Waals surface area contributed by atoms with Gasteiger partial charge in [0.15, 0.2) is 0 Å². The highest BCUT2D eigenvalue weighted by atomic mass is 35.5. The smallest absolute Gasteiger partial charge is 0.387 e. The van der Waals surface area contributed by atoms with Gasteiger partial charge in [0.25, 0.3) is 6.47 Å². The van der Waals surface area contributed by atoms with E-state index in [1.807, 2.05) is 18.9 Å². The topological polar surface area (TPSA) is 64.5 Å². The first-order valence-electron chi connectivity index (χ1n) is 7.72. The highest BCUT2D eigenvalue weighted by Crippen LogP contribution is 2.30. The number of carbonyl (C=O) groups excluding carboxylic acids is 1. The zero-order valence-corrected chi connectivity index (χ0v) is 15.0. The molecule has 0 aliphatic heterocycles. The molecule has 0 amide bonds. The molecular weight excluding hydrogens is 368 g/mol. The van der Waals surface area contributed by atoms with Crippen LogP contribution < -0.4 is 4.74 Å². The summed E-state index contributed by atoms with van der Waals surface area (Å²) < 4.78 is 34.1. The van der Waals surface area contributed by atoms with E-state index in [-0.39, 0.29) is 23.4 Å². The zero-order valence-electron chi connectivity index (χ0n) is 14.2. The van der Waals surface area contributed by atoms with Crippen molar-refractivity contribution in [2.24, 2.45) is 0 Å². The summed E-state index contributed by atoms with van der Waals surface area (Å²) in [5.41, 5.74) is 1.73. The van der Waals surface area contributed by atoms with Crippen LogP contribution in [0, 0.1) is 0 Å². The summed E-state index contributed by atoms with van der Waals surface area (Å²) in [7, 11) is 1.87. The van der Waals surface area contributed by atoms with Gasteiger partial charge in [-0.05, 0) is 26.1 Å². The van der Waals surface area contributed by atoms with Crippen LogP contribution in [0.2, 0.25) is 5.02 Å². The third-order valence-corrected chi connectivity index (χ3v) is 4.01. The average molecular weight is 386 g/mol. The Morgan fingerprint density at radius 1 is 1.35 bits per heavy atom. The molecule has 0 aliphatic carbocycles. The monoisotopic (exact) mass is 385 g/mol. The van der Waals surface area contributed by atoms with Gasteiger partial charge < -0.3 is 9.47 Å². The summed E-state index contributed by atoms with van der Waals surface area (Å²) in [5, 5.41) is 0.0851. The van der Waals surface area contributed by atoms with Crippen LogP contribution in [0.5, 0.6) is 5.75 Å². The fourth-order valence-electron chi connectivity index (χ4n) is 2.19. The second-order valence-electron chi connectivity index (χ2n) is 5.61. The number of halogens is 3. The second kappa shape index (κ2) is 9.40. The van der Waals surface area contributed by atoms with Gasteiger partial charge in [-0.2, -0.15) is 8.78 Å². The number of hydrogen-bond acceptors (Lipinski definition) is 6. The van der Waals surface area contributed by atoms with E-state index in [1.165, 1.54) is 18.3 Å². The van der Waals surface area contributed by atoms with Gasteiger partial charge in [0, 0.05) is 24.3 Å². The molecule has 9 heteroatoms. The SMILES string of the molecule is CC(COC=O)N(C)Cc1cncc(-c2ccc(Cl)c(OC(F)F)c2)n1. The van der Waals surface area contributed by atoms with Crippen LogP contribution in [0.4, 0.5) is 8.78 Å². The van der Waals surface area contributed by atoms with Crippen LogP contribution >= 0.6 is 11.6 Å². The molecule has 1 aromatic carbocycles. The molecule has 0 spiro atoms. The van der Waals surface area contributed by atoms with Crippen molar-refractivity contribution in [3.05, 3.63) is 41.3 Å². The Morgan fingerprint density at radius 3 is 2.81 bits per heavy atom. The Morgan fingerprint density at radius 2 is 2.12 bits per heavy atom. The molecule has 0 radical (unpaired) electrons. The number of carbonyl (C=O) groups is 1. The highest BCUT2D eigenvalue weighted by molar-refractivity contribution is 6.32. The zero-order chi connectivity index (χ0) is 19.1. The number of benzene rings is 1. The van der Waals surface area contributed by atoms with Gasteiger partial charge in [-0.25, -0.2) is 4.98 Å². The number of rotatable bonds is 9. The van der Waals surface area contributed by atoms with Crippen molar-refractivity contribution in [3.8, 4) is 17.0 Å². The minimum atomic E-state index is -2.97. The van der Waals surface area contributed by atoms with Crippen molar-refractivity contribution in [1.29, 1.82) is 0 Å². The standard InChI is InChI=1S/C17H18ClF2N3O3/c1-11(9-25-10-24)23(2)8-13-6-21-7-15(22-13)12-3-4-14(18)16(5-12)26-17(19)20/h3-7,10-11,17H,8-9H2,1-2H3. The van der Waals surface area contributed by atoms with Crippen molar-refractivity contribution in [3.63, 3.8) is 0 Å². The average Bonchev–Trinajstić information content (AvgIpc) is 2.61. The number of aromatic nitrogens is 2. The summed E-state index contributed by atoms with van der Waals surface area (Å²) in [6, 6.07) is 4.51. The molecule has 1 unspecified atom stereocenters. The van der Waals surface area contributed by atoms with Gasteiger partial charge in [-0.3, -0.25) is 14.7 Å². The molecule has 1 aromatic heterocycles. The number of hydrogen-bond donors (Lipinski definition) is 0. The van der Waals surface area contributed by atoms with E-state index in [0.29, 0.717) is 30.0 Å². The maximum atomic E-state index is 12.5. The van der Waals surface area contributed by atoms with Crippen molar-refractivity contribution in [2.75, 3.05) is 13.7 Å². The first kappa shape index (κ1) is 20.0. The van der Waals surface area contributed by atoms with E-state index in [0.717, 1.165) is 0 Å². The van der Waals surface area contributed by atoms with Gasteiger partial charge in [-0.1, -0.05) is 17.7 Å². The molecule has 2 aromatic rings. The molecule has 1 atom stereocenters. The number of likely N-dealkylation sites (N-methyl/N-ethyl adjacent to an activating group) is 1. The maximum absolute atomic E-state index is 12.5. The highest BCUT2D eigenvalue weighted by Gasteiger charge is 2.14. The Balaban J connectivity index is 2.17. The molecular formula is C17H18ClF2N3O3. The number of alkyl halides is 2. The predicted octanol–water partition coefficient (Wildman–Crippen LogP) is 3.39. The van der Waals surface area contributed by atoms with Gasteiger partial charge >= 0.3 is 6.61 Å². The summed E-state index contributed by atoms with van der Waals surface area (Å²) >= 11 is 5.87. The Hall–Kier alpha value is -2.32. The third-order valence-electron chi connectivity index (χ3n) is 3.70. The lowest BCUT2D eigenvalue weighted by molar-refractivity contribution is -0.130. The van der Waals surface area contributed by atoms with Crippen LogP contribution in [-0.2, 0) is 16.1 Å². The number of nitrogens with zero attached hydrogens (tertiary/aromatic N) is 3. The van der Waals surface area contributed by atoms with E-state index in [2.05, 4.69) is 14.7 Å². The van der Waals surface area contributed by atoms with E-state index >= 15 is 0 Å². The lowest BCUT2D eigenvalue weighted by Crippen LogP contribution is -2.32. The molecule has 0 fully saturated rings. The number of ether oxygens (including phenoxy) is 2. The Labute approximate surface area is 154 Å². The van der Waals surface area contributed by atoms with Crippen molar-refractivity contribution in [1.82, 2.24) is 14.9 Å². The minimum absolute atomic E-state index is 0.00719. The first-order valence-corrected chi connectivity index (χ1v) is 8.09. The van der Waals surface area contributed by atoms with Gasteiger partial charge in [-0.15, -0.1) is 0 Å². The quantitative estimate of drug-likeness (QED) is 0.616. The predicted molar refractivity (Wildman–Crippen MR) is 92.1 cm³/mol. The molecule has 2 rings (SSSR count). The van der Waals surface area contributed by atoms with Crippen LogP contribution in [0.25, 0.3) is 11.3 Å². The van der Waals surface area contributed by atoms with Gasteiger partial charge in [0.1, 0.15) is 12.4 Å². The van der Waals surface area contributed by atoms with Crippen LogP contribution in [0.3, 0.4) is 0 Å². The minimum Gasteiger partial charge on any atom is -0.466 e. The summed E-state index contributed by atoms with van der Waals surface area (Å²) in [5.74, 6) is -0.122. The van der Waals surface area contributed by atoms with E-state index in [9.17, 15) is 13.6 Å². The Bertz CT molecular complexity index is 749. The largest absolute Gasteiger partial charge is 0.466 e. The molecule has 0 N–H and O–H groups in total. The lowest BCUT2D eigenvalue weighted by atomic mass is 10.1. The maximum Gasteiger partial charge on any atom is 0.387 e. The fourth-order valence-corrected chi connectivity index (χ4v) is 2.35. The molecule has 140 valence electrons. The van der Waals surface area contributed by atoms with Gasteiger partial charge in [0.2, 0.25) is 0 Å². The Kier molecular flexibility index (Phi) is 7.23. The van der Waals surface area contributed by atoms with Crippen LogP contribution in [0.15, 0.2) is 30.6 Å². The lowest BCUT2D eigenvalue weighted by Gasteiger charge is -2.23. The summed E-state index contributed by atoms with van der Waals surface area (Å²) in [6.07, 6.45) is 3.14. The molecule has 6 nitrogen and oxygen atoms in total. The van der Waals surface area contributed by atoms with E-state index in [1.54, 1.807) is 12.3 Å². The van der Waals surface area contributed by atoms with Crippen molar-refractivity contribution < 1.29 is 23.0 Å². The molecule has 0 saturated heterocycles. The molecule has 0 saturated carbocycles. The van der Waals surface area contributed by atoms with E-state index in [4.69, 9.17) is 16.3 Å². The third kappa shape index (κ3) is 5.60. The molecule has 1 heterocycles. The molecule has 0 aliphatic rings. The van der Waals surface area contributed by atoms with Crippen LogP contribution in [-0.4, -0.2) is 47.6 Å². The van der Waals surface area contributed by atoms with Crippen molar-refractivity contribution in [2.45, 2.75) is 26.1 Å². The summed E-state index contributed by atoms with van der Waals surface area (Å²) in [6.45, 7) is 0.0821. The fraction of sp³-hybridized carbons (Fsp3) is 0.353. The molecule has 0 bridgehead atoms. The summed E-state index contributed by atoms with van der Waals surface area (Å²) in [4.78, 5) is 20.9. The molecule has 26 heavy (non-hydrogen) atoms. The first-order chi connectivity index (χ1) is 12.4. The van der Waals surface area contributed by atoms with Gasteiger partial charge in [0.05, 0.1) is 22.6 Å². The normalized spacial score (nSPS) is 12.3.